The van der Waals surface area contributed by atoms with Crippen LogP contribution in [0.5, 0.6) is 5.75 Å². The first-order valence-corrected chi connectivity index (χ1v) is 7.11. The number of hydrogen-bond donors (Lipinski definition) is 0. The lowest BCUT2D eigenvalue weighted by Crippen LogP contribution is -2.41. The monoisotopic (exact) mass is 288 g/mol. The number of amides is 1. The van der Waals surface area contributed by atoms with Gasteiger partial charge in [0.05, 0.1) is 12.8 Å². The maximum atomic E-state index is 12.1. The summed E-state index contributed by atoms with van der Waals surface area (Å²) < 4.78 is 10.8. The SMILES string of the molecule is C#CCOCC1CCN(C(=O)COc2cccnc2)CC1. The molecule has 0 radical (unpaired) electrons. The Hall–Kier alpha value is -2.06. The van der Waals surface area contributed by atoms with Crippen molar-refractivity contribution in [2.75, 3.05) is 32.9 Å². The molecule has 1 aliphatic heterocycles. The fourth-order valence-corrected chi connectivity index (χ4v) is 2.30. The van der Waals surface area contributed by atoms with Gasteiger partial charge in [-0.2, -0.15) is 0 Å². The molecule has 0 aromatic carbocycles. The minimum atomic E-state index is 0.0156. The molecule has 0 N–H and O–H groups in total. The third kappa shape index (κ3) is 5.09. The van der Waals surface area contributed by atoms with E-state index in [9.17, 15) is 4.79 Å². The maximum Gasteiger partial charge on any atom is 0.260 e. The Bertz CT molecular complexity index is 476. The molecule has 0 saturated carbocycles. The highest BCUT2D eigenvalue weighted by Crippen LogP contribution is 2.17. The fraction of sp³-hybridized carbons (Fsp3) is 0.500. The van der Waals surface area contributed by atoms with E-state index < -0.39 is 0 Å². The number of terminal acetylenes is 1. The van der Waals surface area contributed by atoms with Gasteiger partial charge < -0.3 is 14.4 Å². The van der Waals surface area contributed by atoms with Gasteiger partial charge in [-0.25, -0.2) is 0 Å². The van der Waals surface area contributed by atoms with E-state index >= 15 is 0 Å². The summed E-state index contributed by atoms with van der Waals surface area (Å²) in [6.07, 6.45) is 10.3. The van der Waals surface area contributed by atoms with Crippen LogP contribution in [-0.4, -0.2) is 48.7 Å². The van der Waals surface area contributed by atoms with Crippen LogP contribution >= 0.6 is 0 Å². The number of nitrogens with zero attached hydrogens (tertiary/aromatic N) is 2. The van der Waals surface area contributed by atoms with Crippen molar-refractivity contribution in [3.8, 4) is 18.1 Å². The highest BCUT2D eigenvalue weighted by atomic mass is 16.5. The predicted octanol–water partition coefficient (Wildman–Crippen LogP) is 1.35. The van der Waals surface area contributed by atoms with Gasteiger partial charge in [0.25, 0.3) is 5.91 Å². The molecule has 2 heterocycles. The summed E-state index contributed by atoms with van der Waals surface area (Å²) in [6.45, 7) is 2.60. The third-order valence-electron chi connectivity index (χ3n) is 3.50. The van der Waals surface area contributed by atoms with Crippen LogP contribution in [0.4, 0.5) is 0 Å². The van der Waals surface area contributed by atoms with Gasteiger partial charge in [-0.15, -0.1) is 6.42 Å². The lowest BCUT2D eigenvalue weighted by atomic mass is 9.98. The zero-order valence-electron chi connectivity index (χ0n) is 12.0. The van der Waals surface area contributed by atoms with Crippen molar-refractivity contribution in [3.63, 3.8) is 0 Å². The summed E-state index contributed by atoms with van der Waals surface area (Å²) in [5.74, 6) is 3.58. The van der Waals surface area contributed by atoms with Crippen molar-refractivity contribution in [2.45, 2.75) is 12.8 Å². The van der Waals surface area contributed by atoms with Crippen LogP contribution in [0.15, 0.2) is 24.5 Å². The molecule has 112 valence electrons. The minimum absolute atomic E-state index is 0.0156. The van der Waals surface area contributed by atoms with Gasteiger partial charge in [-0.05, 0) is 30.9 Å². The lowest BCUT2D eigenvalue weighted by molar-refractivity contribution is -0.135. The number of hydrogen-bond acceptors (Lipinski definition) is 4. The number of carbonyl (C=O) groups excluding carboxylic acids is 1. The van der Waals surface area contributed by atoms with Crippen molar-refractivity contribution >= 4 is 5.91 Å². The molecule has 1 aromatic rings. The normalized spacial score (nSPS) is 15.5. The molecule has 1 saturated heterocycles. The van der Waals surface area contributed by atoms with Crippen molar-refractivity contribution in [1.82, 2.24) is 9.88 Å². The van der Waals surface area contributed by atoms with Crippen LogP contribution in [0.3, 0.4) is 0 Å². The molecule has 1 fully saturated rings. The van der Waals surface area contributed by atoms with E-state index in [1.165, 1.54) is 0 Å². The van der Waals surface area contributed by atoms with Gasteiger partial charge in [0.2, 0.25) is 0 Å². The van der Waals surface area contributed by atoms with Crippen LogP contribution in [-0.2, 0) is 9.53 Å². The van der Waals surface area contributed by atoms with E-state index in [-0.39, 0.29) is 12.5 Å². The van der Waals surface area contributed by atoms with E-state index in [4.69, 9.17) is 15.9 Å². The molecule has 5 heteroatoms. The molecule has 0 unspecified atom stereocenters. The molecule has 1 aliphatic rings. The summed E-state index contributed by atoms with van der Waals surface area (Å²) in [6, 6.07) is 3.57. The van der Waals surface area contributed by atoms with Gasteiger partial charge in [-0.3, -0.25) is 9.78 Å². The molecule has 1 amide bonds. The van der Waals surface area contributed by atoms with E-state index in [0.717, 1.165) is 25.9 Å². The minimum Gasteiger partial charge on any atom is -0.482 e. The highest BCUT2D eigenvalue weighted by molar-refractivity contribution is 5.77. The summed E-state index contributed by atoms with van der Waals surface area (Å²) in [5.41, 5.74) is 0. The standard InChI is InChI=1S/C16H20N2O3/c1-2-10-20-12-14-5-8-18(9-6-14)16(19)13-21-15-4-3-7-17-11-15/h1,3-4,7,11,14H,5-6,8-10,12-13H2. The largest absolute Gasteiger partial charge is 0.482 e. The van der Waals surface area contributed by atoms with Gasteiger partial charge >= 0.3 is 0 Å². The lowest BCUT2D eigenvalue weighted by Gasteiger charge is -2.31. The van der Waals surface area contributed by atoms with Crippen LogP contribution in [0.1, 0.15) is 12.8 Å². The van der Waals surface area contributed by atoms with Gasteiger partial charge in [0, 0.05) is 19.3 Å². The second-order valence-corrected chi connectivity index (χ2v) is 5.02. The molecular formula is C16H20N2O3. The number of piperidine rings is 1. The number of ether oxygens (including phenoxy) is 2. The Kier molecular flexibility index (Phi) is 6.04. The van der Waals surface area contributed by atoms with E-state index in [1.54, 1.807) is 24.5 Å². The van der Waals surface area contributed by atoms with Crippen LogP contribution in [0.2, 0.25) is 0 Å². The highest BCUT2D eigenvalue weighted by Gasteiger charge is 2.23. The Morgan fingerprint density at radius 1 is 1.48 bits per heavy atom. The Labute approximate surface area is 125 Å². The van der Waals surface area contributed by atoms with Gasteiger partial charge in [0.15, 0.2) is 6.61 Å². The molecule has 0 spiro atoms. The summed E-state index contributed by atoms with van der Waals surface area (Å²) in [5, 5.41) is 0. The van der Waals surface area contributed by atoms with Crippen molar-refractivity contribution < 1.29 is 14.3 Å². The second-order valence-electron chi connectivity index (χ2n) is 5.02. The topological polar surface area (TPSA) is 51.7 Å². The zero-order chi connectivity index (χ0) is 14.9. The van der Waals surface area contributed by atoms with Crippen LogP contribution in [0, 0.1) is 18.3 Å². The molecular weight excluding hydrogens is 268 g/mol. The first kappa shape index (κ1) is 15.3. The van der Waals surface area contributed by atoms with E-state index in [0.29, 0.717) is 24.9 Å². The number of likely N-dealkylation sites (tertiary alicyclic amines) is 1. The van der Waals surface area contributed by atoms with Crippen molar-refractivity contribution in [3.05, 3.63) is 24.5 Å². The van der Waals surface area contributed by atoms with Crippen LogP contribution < -0.4 is 4.74 Å². The fourth-order valence-electron chi connectivity index (χ4n) is 2.30. The Morgan fingerprint density at radius 2 is 2.29 bits per heavy atom. The zero-order valence-corrected chi connectivity index (χ0v) is 12.0. The van der Waals surface area contributed by atoms with Gasteiger partial charge in [0.1, 0.15) is 12.4 Å². The first-order valence-electron chi connectivity index (χ1n) is 7.11. The van der Waals surface area contributed by atoms with Crippen molar-refractivity contribution in [1.29, 1.82) is 0 Å². The molecule has 21 heavy (non-hydrogen) atoms. The number of rotatable bonds is 6. The average molecular weight is 288 g/mol. The molecule has 0 bridgehead atoms. The molecule has 0 aliphatic carbocycles. The first-order chi connectivity index (χ1) is 10.3. The molecule has 1 aromatic heterocycles. The smallest absolute Gasteiger partial charge is 0.260 e. The Balaban J connectivity index is 1.67. The van der Waals surface area contributed by atoms with Crippen LogP contribution in [0.25, 0.3) is 0 Å². The predicted molar refractivity (Wildman–Crippen MR) is 78.7 cm³/mol. The third-order valence-corrected chi connectivity index (χ3v) is 3.50. The number of aromatic nitrogens is 1. The van der Waals surface area contributed by atoms with E-state index in [1.807, 2.05) is 4.90 Å². The Morgan fingerprint density at radius 3 is 2.95 bits per heavy atom. The summed E-state index contributed by atoms with van der Waals surface area (Å²) in [7, 11) is 0. The quantitative estimate of drug-likeness (QED) is 0.586. The number of carbonyl (C=O) groups is 1. The van der Waals surface area contributed by atoms with Crippen molar-refractivity contribution in [2.24, 2.45) is 5.92 Å². The second kappa shape index (κ2) is 8.28. The summed E-state index contributed by atoms with van der Waals surface area (Å²) in [4.78, 5) is 17.8. The molecule has 2 rings (SSSR count). The average Bonchev–Trinajstić information content (AvgIpc) is 2.54. The maximum absolute atomic E-state index is 12.1. The van der Waals surface area contributed by atoms with E-state index in [2.05, 4.69) is 10.9 Å². The van der Waals surface area contributed by atoms with Gasteiger partial charge in [-0.1, -0.05) is 5.92 Å². The molecule has 5 nitrogen and oxygen atoms in total. The summed E-state index contributed by atoms with van der Waals surface area (Å²) >= 11 is 0. The molecule has 0 atom stereocenters. The number of pyridine rings is 1.